The van der Waals surface area contributed by atoms with Gasteiger partial charge in [-0.05, 0) is 36.4 Å². The van der Waals surface area contributed by atoms with Gasteiger partial charge in [-0.25, -0.2) is 13.4 Å². The van der Waals surface area contributed by atoms with Gasteiger partial charge in [0.05, 0.1) is 15.7 Å². The molecule has 1 aliphatic rings. The Balaban J connectivity index is 1.39. The molecule has 0 N–H and O–H groups in total. The highest BCUT2D eigenvalue weighted by atomic mass is 32.2. The van der Waals surface area contributed by atoms with Crippen molar-refractivity contribution in [3.63, 3.8) is 0 Å². The number of thiophene rings is 1. The van der Waals surface area contributed by atoms with Crippen LogP contribution < -0.4 is 0 Å². The number of piperidine rings is 1. The predicted octanol–water partition coefficient (Wildman–Crippen LogP) is 3.66. The molecule has 1 aliphatic heterocycles. The maximum Gasteiger partial charge on any atom is 0.268 e. The summed E-state index contributed by atoms with van der Waals surface area (Å²) >= 11 is 2.98. The lowest BCUT2D eigenvalue weighted by Gasteiger charge is -2.25. The zero-order chi connectivity index (χ0) is 18.7. The molecule has 4 heterocycles. The van der Waals surface area contributed by atoms with Crippen LogP contribution in [0.4, 0.5) is 0 Å². The molecular weight excluding hydrogens is 404 g/mol. The quantitative estimate of drug-likeness (QED) is 0.560. The highest BCUT2D eigenvalue weighted by molar-refractivity contribution is 7.98. The van der Waals surface area contributed by atoms with Gasteiger partial charge in [-0.3, -0.25) is 0 Å². The lowest BCUT2D eigenvalue weighted by Crippen LogP contribution is -2.35. The summed E-state index contributed by atoms with van der Waals surface area (Å²) in [6, 6.07) is 7.20. The van der Waals surface area contributed by atoms with E-state index in [2.05, 4.69) is 15.1 Å². The van der Waals surface area contributed by atoms with Crippen molar-refractivity contribution in [3.05, 3.63) is 41.7 Å². The van der Waals surface area contributed by atoms with Crippen molar-refractivity contribution in [1.82, 2.24) is 19.4 Å². The number of thioether (sulfide) groups is 1. The van der Waals surface area contributed by atoms with E-state index in [1.165, 1.54) is 18.0 Å². The minimum atomic E-state index is -3.44. The number of aromatic nitrogens is 3. The predicted molar refractivity (Wildman–Crippen MR) is 104 cm³/mol. The van der Waals surface area contributed by atoms with E-state index in [9.17, 15) is 8.42 Å². The molecule has 0 bridgehead atoms. The van der Waals surface area contributed by atoms with E-state index in [0.717, 1.165) is 29.2 Å². The van der Waals surface area contributed by atoms with Gasteiger partial charge in [-0.1, -0.05) is 29.4 Å². The standard InChI is InChI=1S/C17H18N4O3S3/c22-27(23,21-8-2-1-3-9-21)13-6-7-16(18-11-13)26-12-15-19-17(24-20-15)14-5-4-10-25-14/h4-7,10-11H,1-3,8-9,12H2. The number of pyridine rings is 1. The zero-order valence-electron chi connectivity index (χ0n) is 14.4. The Morgan fingerprint density at radius 2 is 2.04 bits per heavy atom. The lowest BCUT2D eigenvalue weighted by molar-refractivity contribution is 0.346. The molecule has 0 atom stereocenters. The van der Waals surface area contributed by atoms with Crippen LogP contribution in [0.15, 0.2) is 50.3 Å². The second-order valence-electron chi connectivity index (χ2n) is 6.08. The summed E-state index contributed by atoms with van der Waals surface area (Å²) in [6.07, 6.45) is 4.35. The molecule has 1 saturated heterocycles. The fourth-order valence-electron chi connectivity index (χ4n) is 2.81. The first-order valence-electron chi connectivity index (χ1n) is 8.58. The van der Waals surface area contributed by atoms with Crippen molar-refractivity contribution in [1.29, 1.82) is 0 Å². The summed E-state index contributed by atoms with van der Waals surface area (Å²) in [5, 5.41) is 6.65. The molecule has 27 heavy (non-hydrogen) atoms. The van der Waals surface area contributed by atoms with Gasteiger partial charge in [-0.15, -0.1) is 11.3 Å². The topological polar surface area (TPSA) is 89.2 Å². The lowest BCUT2D eigenvalue weighted by atomic mass is 10.2. The Morgan fingerprint density at radius 1 is 1.19 bits per heavy atom. The van der Waals surface area contributed by atoms with E-state index >= 15 is 0 Å². The van der Waals surface area contributed by atoms with Crippen LogP contribution in [0.2, 0.25) is 0 Å². The smallest absolute Gasteiger partial charge is 0.268 e. The number of hydrogen-bond donors (Lipinski definition) is 0. The maximum absolute atomic E-state index is 12.6. The molecule has 3 aromatic heterocycles. The summed E-state index contributed by atoms with van der Waals surface area (Å²) in [4.78, 5) is 9.83. The second kappa shape index (κ2) is 8.09. The minimum absolute atomic E-state index is 0.244. The molecule has 0 spiro atoms. The third-order valence-corrected chi connectivity index (χ3v) is 7.89. The molecule has 10 heteroatoms. The van der Waals surface area contributed by atoms with Crippen LogP contribution in [0, 0.1) is 0 Å². The van der Waals surface area contributed by atoms with Gasteiger partial charge in [0.1, 0.15) is 4.90 Å². The molecule has 0 radical (unpaired) electrons. The summed E-state index contributed by atoms with van der Waals surface area (Å²) in [7, 11) is -3.44. The van der Waals surface area contributed by atoms with Crippen molar-refractivity contribution < 1.29 is 12.9 Å². The SMILES string of the molecule is O=S(=O)(c1ccc(SCc2noc(-c3cccs3)n2)nc1)N1CCCCC1. The van der Waals surface area contributed by atoms with Crippen molar-refractivity contribution in [3.8, 4) is 10.8 Å². The molecular formula is C17H18N4O3S3. The Bertz CT molecular complexity index is 979. The van der Waals surface area contributed by atoms with E-state index < -0.39 is 10.0 Å². The fraction of sp³-hybridized carbons (Fsp3) is 0.353. The van der Waals surface area contributed by atoms with E-state index in [0.29, 0.717) is 30.6 Å². The van der Waals surface area contributed by atoms with Gasteiger partial charge in [0.15, 0.2) is 5.82 Å². The first kappa shape index (κ1) is 18.6. The molecule has 0 amide bonds. The van der Waals surface area contributed by atoms with Crippen LogP contribution in [0.5, 0.6) is 0 Å². The fourth-order valence-corrected chi connectivity index (χ4v) is 5.60. The van der Waals surface area contributed by atoms with Gasteiger partial charge in [0, 0.05) is 19.3 Å². The molecule has 0 aliphatic carbocycles. The third kappa shape index (κ3) is 4.23. The van der Waals surface area contributed by atoms with Crippen LogP contribution >= 0.6 is 23.1 Å². The summed E-state index contributed by atoms with van der Waals surface area (Å²) in [6.45, 7) is 1.17. The molecule has 1 fully saturated rings. The van der Waals surface area contributed by atoms with Crippen LogP contribution in [-0.2, 0) is 15.8 Å². The van der Waals surface area contributed by atoms with E-state index in [1.807, 2.05) is 17.5 Å². The van der Waals surface area contributed by atoms with Crippen molar-refractivity contribution >= 4 is 33.1 Å². The molecule has 0 saturated carbocycles. The van der Waals surface area contributed by atoms with E-state index in [-0.39, 0.29) is 4.90 Å². The van der Waals surface area contributed by atoms with Gasteiger partial charge in [0.2, 0.25) is 10.0 Å². The number of rotatable bonds is 6. The number of nitrogens with zero attached hydrogens (tertiary/aromatic N) is 4. The van der Waals surface area contributed by atoms with Gasteiger partial charge >= 0.3 is 0 Å². The van der Waals surface area contributed by atoms with Crippen LogP contribution in [0.25, 0.3) is 10.8 Å². The Labute approximate surface area is 165 Å². The van der Waals surface area contributed by atoms with Gasteiger partial charge in [0.25, 0.3) is 5.89 Å². The molecule has 0 aromatic carbocycles. The molecule has 4 rings (SSSR count). The average molecular weight is 423 g/mol. The van der Waals surface area contributed by atoms with Gasteiger partial charge < -0.3 is 4.52 Å². The Morgan fingerprint density at radius 3 is 2.74 bits per heavy atom. The third-order valence-electron chi connectivity index (χ3n) is 4.21. The van der Waals surface area contributed by atoms with Crippen molar-refractivity contribution in [2.45, 2.75) is 34.9 Å². The highest BCUT2D eigenvalue weighted by Gasteiger charge is 2.26. The van der Waals surface area contributed by atoms with E-state index in [1.54, 1.807) is 27.8 Å². The summed E-state index contributed by atoms with van der Waals surface area (Å²) < 4.78 is 32.1. The van der Waals surface area contributed by atoms with Crippen LogP contribution in [0.3, 0.4) is 0 Å². The molecule has 0 unspecified atom stereocenters. The highest BCUT2D eigenvalue weighted by Crippen LogP contribution is 2.26. The number of hydrogen-bond acceptors (Lipinski definition) is 8. The normalized spacial score (nSPS) is 15.9. The monoisotopic (exact) mass is 422 g/mol. The van der Waals surface area contributed by atoms with Crippen molar-refractivity contribution in [2.75, 3.05) is 13.1 Å². The zero-order valence-corrected chi connectivity index (χ0v) is 16.9. The second-order valence-corrected chi connectivity index (χ2v) is 9.96. The number of sulfonamides is 1. The summed E-state index contributed by atoms with van der Waals surface area (Å²) in [5.41, 5.74) is 0. The van der Waals surface area contributed by atoms with Crippen molar-refractivity contribution in [2.24, 2.45) is 0 Å². The first-order valence-corrected chi connectivity index (χ1v) is 11.9. The van der Waals surface area contributed by atoms with Crippen LogP contribution in [-0.4, -0.2) is 40.9 Å². The largest absolute Gasteiger partial charge is 0.333 e. The van der Waals surface area contributed by atoms with E-state index in [4.69, 9.17) is 4.52 Å². The summed E-state index contributed by atoms with van der Waals surface area (Å²) in [5.74, 6) is 1.59. The Kier molecular flexibility index (Phi) is 5.58. The Hall–Kier alpha value is -1.75. The molecule has 3 aromatic rings. The minimum Gasteiger partial charge on any atom is -0.333 e. The van der Waals surface area contributed by atoms with Gasteiger partial charge in [-0.2, -0.15) is 9.29 Å². The maximum atomic E-state index is 12.6. The van der Waals surface area contributed by atoms with Crippen LogP contribution in [0.1, 0.15) is 25.1 Å². The molecule has 142 valence electrons. The average Bonchev–Trinajstić information content (AvgIpc) is 3.39. The first-order chi connectivity index (χ1) is 13.1. The molecule has 7 nitrogen and oxygen atoms in total.